The van der Waals surface area contributed by atoms with Crippen LogP contribution >= 0.6 is 39.1 Å². The first-order valence-electron chi connectivity index (χ1n) is 10.7. The first kappa shape index (κ1) is 28.5. The van der Waals surface area contributed by atoms with E-state index < -0.39 is 55.3 Å². The number of aryl methyl sites for hydroxylation is 1. The van der Waals surface area contributed by atoms with E-state index in [2.05, 4.69) is 25.4 Å². The highest BCUT2D eigenvalue weighted by atomic mass is 79.9. The van der Waals surface area contributed by atoms with Gasteiger partial charge in [0.15, 0.2) is 5.82 Å². The fourth-order valence-corrected chi connectivity index (χ4v) is 6.13. The molecule has 0 saturated heterocycles. The predicted octanol–water partition coefficient (Wildman–Crippen LogP) is 8.08. The molecule has 0 aromatic heterocycles. The Morgan fingerprint density at radius 3 is 2.37 bits per heavy atom. The predicted molar refractivity (Wildman–Crippen MR) is 141 cm³/mol. The number of hydrogen-bond acceptors (Lipinski definition) is 4. The Bertz CT molecular complexity index is 1600. The van der Waals surface area contributed by atoms with Crippen molar-refractivity contribution in [2.45, 2.75) is 30.0 Å². The van der Waals surface area contributed by atoms with Crippen LogP contribution in [0.3, 0.4) is 0 Å². The molecule has 1 aliphatic rings. The molecule has 0 bridgehead atoms. The summed E-state index contributed by atoms with van der Waals surface area (Å²) in [4.78, 5) is 18.2. The average Bonchev–Trinajstić information content (AvgIpc) is 3.29. The molecule has 4 rings (SSSR count). The highest BCUT2D eigenvalue weighted by Gasteiger charge is 2.62. The van der Waals surface area contributed by atoms with Crippen molar-refractivity contribution in [2.75, 3.05) is 6.26 Å². The van der Waals surface area contributed by atoms with Gasteiger partial charge in [0.25, 0.3) is 11.5 Å². The van der Waals surface area contributed by atoms with Crippen LogP contribution < -0.4 is 0 Å². The van der Waals surface area contributed by atoms with Gasteiger partial charge in [-0.3, -0.25) is 4.79 Å². The molecule has 0 aliphatic carbocycles. The van der Waals surface area contributed by atoms with E-state index in [0.29, 0.717) is 14.9 Å². The maximum Gasteiger partial charge on any atom is 0.435 e. The maximum atomic E-state index is 14.3. The van der Waals surface area contributed by atoms with Crippen molar-refractivity contribution in [3.63, 3.8) is 0 Å². The Morgan fingerprint density at radius 1 is 1.13 bits per heavy atom. The van der Waals surface area contributed by atoms with Crippen molar-refractivity contribution in [1.29, 1.82) is 0 Å². The minimum Gasteiger partial charge on any atom is -0.374 e. The van der Waals surface area contributed by atoms with Crippen LogP contribution in [0.2, 0.25) is 10.0 Å². The molecule has 5 nitrogen and oxygen atoms in total. The van der Waals surface area contributed by atoms with E-state index in [1.165, 1.54) is 24.5 Å². The molecule has 0 N–H and O–H groups in total. The largest absolute Gasteiger partial charge is 0.435 e. The molecule has 1 heterocycles. The first-order valence-corrected chi connectivity index (χ1v) is 14.2. The number of oxime groups is 1. The lowest BCUT2D eigenvalue weighted by Gasteiger charge is -2.29. The van der Waals surface area contributed by atoms with Crippen LogP contribution in [-0.2, 0) is 20.2 Å². The molecule has 3 aromatic carbocycles. The SMILES string of the molecule is Cc1cc(C2=NOC(c3cc(Cl)c(F)c(Cl)c3)(C(F)(F)F)C2)ccc1C(=O)N=S(C)(=O)c1cccc(Br)c1. The summed E-state index contributed by atoms with van der Waals surface area (Å²) in [5.74, 6) is -1.79. The number of hydrogen-bond donors (Lipinski definition) is 0. The van der Waals surface area contributed by atoms with Crippen molar-refractivity contribution >= 4 is 60.5 Å². The Morgan fingerprint density at radius 2 is 1.79 bits per heavy atom. The molecular formula is C25H17BrCl2F4N2O3S. The van der Waals surface area contributed by atoms with Crippen molar-refractivity contribution in [3.05, 3.63) is 97.2 Å². The van der Waals surface area contributed by atoms with Gasteiger partial charge >= 0.3 is 6.18 Å². The Labute approximate surface area is 234 Å². The lowest BCUT2D eigenvalue weighted by atomic mass is 9.86. The second kappa shape index (κ2) is 10.3. The van der Waals surface area contributed by atoms with E-state index in [9.17, 15) is 26.6 Å². The van der Waals surface area contributed by atoms with Crippen LogP contribution in [0, 0.1) is 12.7 Å². The zero-order valence-corrected chi connectivity index (χ0v) is 23.5. The smallest absolute Gasteiger partial charge is 0.374 e. The van der Waals surface area contributed by atoms with Gasteiger partial charge in [-0.2, -0.15) is 17.5 Å². The Hall–Kier alpha value is -2.47. The molecule has 13 heteroatoms. The van der Waals surface area contributed by atoms with Gasteiger partial charge in [-0.1, -0.05) is 56.4 Å². The van der Waals surface area contributed by atoms with E-state index in [1.54, 1.807) is 31.2 Å². The quantitative estimate of drug-likeness (QED) is 0.212. The number of rotatable bonds is 4. The first-order chi connectivity index (χ1) is 17.6. The Balaban J connectivity index is 1.66. The molecule has 1 amide bonds. The third-order valence-corrected chi connectivity index (χ3v) is 8.60. The van der Waals surface area contributed by atoms with E-state index in [-0.39, 0.29) is 16.8 Å². The third-order valence-electron chi connectivity index (χ3n) is 5.92. The lowest BCUT2D eigenvalue weighted by molar-refractivity contribution is -0.275. The fraction of sp³-hybridized carbons (Fsp3) is 0.200. The summed E-state index contributed by atoms with van der Waals surface area (Å²) in [5, 5.41) is 2.48. The van der Waals surface area contributed by atoms with Crippen LogP contribution in [0.25, 0.3) is 0 Å². The molecule has 0 fully saturated rings. The molecular weight excluding hydrogens is 635 g/mol. The van der Waals surface area contributed by atoms with Crippen LogP contribution in [0.4, 0.5) is 17.6 Å². The van der Waals surface area contributed by atoms with E-state index in [0.717, 1.165) is 12.1 Å². The highest BCUT2D eigenvalue weighted by Crippen LogP contribution is 2.50. The van der Waals surface area contributed by atoms with Crippen LogP contribution in [0.1, 0.15) is 33.5 Å². The minimum absolute atomic E-state index is 0.0636. The van der Waals surface area contributed by atoms with Gasteiger partial charge in [-0.25, -0.2) is 8.60 Å². The summed E-state index contributed by atoms with van der Waals surface area (Å²) < 4.78 is 74.3. The van der Waals surface area contributed by atoms with Crippen molar-refractivity contribution in [3.8, 4) is 0 Å². The number of nitrogens with zero attached hydrogens (tertiary/aromatic N) is 2. The van der Waals surface area contributed by atoms with Gasteiger partial charge in [0.05, 0.1) is 25.5 Å². The molecule has 0 saturated carbocycles. The second-order valence-electron chi connectivity index (χ2n) is 8.57. The van der Waals surface area contributed by atoms with Gasteiger partial charge in [0.2, 0.25) is 0 Å². The second-order valence-corrected chi connectivity index (χ2v) is 12.6. The highest BCUT2D eigenvalue weighted by molar-refractivity contribution is 9.10. The standard InChI is InChI=1S/C25H17BrCl2F4N2O3S/c1-13-8-14(6-7-18(13)23(35)34-38(2,36)17-5-3-4-16(26)11-17)21-12-24(37-33-21,25(30,31)32)15-9-19(27)22(29)20(28)10-15/h3-11H,12H2,1-2H3. The van der Waals surface area contributed by atoms with Gasteiger partial charge in [-0.15, -0.1) is 0 Å². The van der Waals surface area contributed by atoms with Crippen molar-refractivity contribution < 1.29 is 31.4 Å². The summed E-state index contributed by atoms with van der Waals surface area (Å²) in [6.45, 7) is 1.57. The van der Waals surface area contributed by atoms with Crippen LogP contribution in [0.15, 0.2) is 73.5 Å². The van der Waals surface area contributed by atoms with Gasteiger partial charge in [0, 0.05) is 33.2 Å². The lowest BCUT2D eigenvalue weighted by Crippen LogP contribution is -2.42. The number of carbonyl (C=O) groups excluding carboxylic acids is 1. The van der Waals surface area contributed by atoms with Crippen molar-refractivity contribution in [2.24, 2.45) is 9.52 Å². The van der Waals surface area contributed by atoms with E-state index >= 15 is 0 Å². The minimum atomic E-state index is -4.96. The van der Waals surface area contributed by atoms with E-state index in [4.69, 9.17) is 28.0 Å². The molecule has 0 spiro atoms. The van der Waals surface area contributed by atoms with Crippen molar-refractivity contribution in [1.82, 2.24) is 0 Å². The monoisotopic (exact) mass is 650 g/mol. The van der Waals surface area contributed by atoms with Gasteiger partial charge in [-0.05, 0) is 60.5 Å². The fourth-order valence-electron chi connectivity index (χ4n) is 3.89. The number of benzene rings is 3. The van der Waals surface area contributed by atoms with Crippen LogP contribution in [-0.4, -0.2) is 28.3 Å². The molecule has 200 valence electrons. The topological polar surface area (TPSA) is 68.1 Å². The number of carbonyl (C=O) groups is 1. The number of alkyl halides is 3. The zero-order valence-electron chi connectivity index (χ0n) is 19.6. The van der Waals surface area contributed by atoms with Gasteiger partial charge < -0.3 is 4.84 Å². The summed E-state index contributed by atoms with van der Waals surface area (Å²) in [7, 11) is -3.07. The summed E-state index contributed by atoms with van der Waals surface area (Å²) in [5.41, 5.74) is -2.76. The average molecular weight is 652 g/mol. The third kappa shape index (κ3) is 5.34. The molecule has 0 radical (unpaired) electrons. The summed E-state index contributed by atoms with van der Waals surface area (Å²) in [6.07, 6.45) is -4.37. The molecule has 1 aliphatic heterocycles. The van der Waals surface area contributed by atoms with E-state index in [1.807, 2.05) is 0 Å². The van der Waals surface area contributed by atoms with Gasteiger partial charge in [0.1, 0.15) is 0 Å². The number of halogens is 7. The molecule has 2 unspecified atom stereocenters. The zero-order chi connectivity index (χ0) is 28.0. The molecule has 38 heavy (non-hydrogen) atoms. The maximum absolute atomic E-state index is 14.3. The Kier molecular flexibility index (Phi) is 7.70. The molecule has 2 atom stereocenters. The number of amides is 1. The molecule has 3 aromatic rings. The van der Waals surface area contributed by atoms with Crippen LogP contribution in [0.5, 0.6) is 0 Å². The normalized spacial score (nSPS) is 18.9. The summed E-state index contributed by atoms with van der Waals surface area (Å²) in [6, 6.07) is 12.4. The summed E-state index contributed by atoms with van der Waals surface area (Å²) >= 11 is 14.8.